The fourth-order valence-corrected chi connectivity index (χ4v) is 3.66. The van der Waals surface area contributed by atoms with Crippen LogP contribution in [0.4, 0.5) is 11.4 Å². The highest BCUT2D eigenvalue weighted by molar-refractivity contribution is 5.64. The molecule has 1 heterocycles. The molecule has 1 aliphatic carbocycles. The predicted molar refractivity (Wildman–Crippen MR) is 105 cm³/mol. The number of pyridine rings is 1. The van der Waals surface area contributed by atoms with Crippen LogP contribution >= 0.6 is 0 Å². The van der Waals surface area contributed by atoms with Crippen LogP contribution in [0.5, 0.6) is 5.75 Å². The van der Waals surface area contributed by atoms with Gasteiger partial charge in [0.1, 0.15) is 5.75 Å². The molecule has 0 radical (unpaired) electrons. The Labute approximate surface area is 152 Å². The number of ether oxygens (including phenoxy) is 1. The lowest BCUT2D eigenvalue weighted by molar-refractivity contribution is 0.207. The monoisotopic (exact) mass is 338 g/mol. The summed E-state index contributed by atoms with van der Waals surface area (Å²) in [5.41, 5.74) is 3.66. The average molecular weight is 338 g/mol. The summed E-state index contributed by atoms with van der Waals surface area (Å²) in [5.74, 6) is 1.81. The van der Waals surface area contributed by atoms with Crippen molar-refractivity contribution in [3.05, 3.63) is 48.3 Å². The number of aryl methyl sites for hydroxylation is 1. The van der Waals surface area contributed by atoms with Crippen molar-refractivity contribution in [1.82, 2.24) is 4.98 Å². The molecule has 134 valence electrons. The standard InChI is InChI=1S/C22H30N2O/c1-3-7-19-16-21(24(2)20-12-14-23-15-13-20)10-11-22(19)25-17-18-8-5-4-6-9-18/h10-16,18H,3-9,17H2,1-2H3. The molecule has 0 unspecified atom stereocenters. The summed E-state index contributed by atoms with van der Waals surface area (Å²) in [6.07, 6.45) is 12.6. The second-order valence-corrected chi connectivity index (χ2v) is 7.12. The molecule has 3 rings (SSSR count). The lowest BCUT2D eigenvalue weighted by Crippen LogP contribution is -2.16. The highest BCUT2D eigenvalue weighted by Crippen LogP contribution is 2.31. The summed E-state index contributed by atoms with van der Waals surface area (Å²) in [4.78, 5) is 6.30. The van der Waals surface area contributed by atoms with Gasteiger partial charge in [-0.3, -0.25) is 4.98 Å². The number of benzene rings is 1. The highest BCUT2D eigenvalue weighted by Gasteiger charge is 2.15. The van der Waals surface area contributed by atoms with E-state index in [2.05, 4.69) is 42.1 Å². The quantitative estimate of drug-likeness (QED) is 0.641. The summed E-state index contributed by atoms with van der Waals surface area (Å²) in [7, 11) is 2.10. The molecule has 1 aromatic carbocycles. The van der Waals surface area contributed by atoms with Crippen LogP contribution in [0, 0.1) is 5.92 Å². The molecule has 0 saturated heterocycles. The summed E-state index contributed by atoms with van der Waals surface area (Å²) >= 11 is 0. The van der Waals surface area contributed by atoms with Crippen molar-refractivity contribution in [3.8, 4) is 5.75 Å². The fourth-order valence-electron chi connectivity index (χ4n) is 3.66. The van der Waals surface area contributed by atoms with Crippen LogP contribution in [-0.4, -0.2) is 18.6 Å². The first-order chi connectivity index (χ1) is 12.3. The van der Waals surface area contributed by atoms with Crippen molar-refractivity contribution in [2.24, 2.45) is 5.92 Å². The van der Waals surface area contributed by atoms with Crippen molar-refractivity contribution in [1.29, 1.82) is 0 Å². The Morgan fingerprint density at radius 3 is 2.52 bits per heavy atom. The van der Waals surface area contributed by atoms with E-state index in [9.17, 15) is 0 Å². The van der Waals surface area contributed by atoms with Gasteiger partial charge < -0.3 is 9.64 Å². The second kappa shape index (κ2) is 8.89. The Hall–Kier alpha value is -2.03. The van der Waals surface area contributed by atoms with Gasteiger partial charge >= 0.3 is 0 Å². The van der Waals surface area contributed by atoms with Gasteiger partial charge in [0, 0.05) is 30.8 Å². The zero-order valence-electron chi connectivity index (χ0n) is 15.6. The Kier molecular flexibility index (Phi) is 6.32. The SMILES string of the molecule is CCCc1cc(N(C)c2ccncc2)ccc1OCC1CCCCC1. The molecule has 1 aromatic heterocycles. The van der Waals surface area contributed by atoms with Gasteiger partial charge in [-0.15, -0.1) is 0 Å². The molecule has 25 heavy (non-hydrogen) atoms. The van der Waals surface area contributed by atoms with Gasteiger partial charge in [-0.2, -0.15) is 0 Å². The molecule has 0 spiro atoms. The number of rotatable bonds is 7. The first-order valence-electron chi connectivity index (χ1n) is 9.67. The van der Waals surface area contributed by atoms with E-state index in [1.165, 1.54) is 43.4 Å². The molecular weight excluding hydrogens is 308 g/mol. The van der Waals surface area contributed by atoms with Crippen molar-refractivity contribution < 1.29 is 4.74 Å². The van der Waals surface area contributed by atoms with Crippen molar-refractivity contribution in [2.75, 3.05) is 18.6 Å². The van der Waals surface area contributed by atoms with Gasteiger partial charge in [-0.1, -0.05) is 32.6 Å². The maximum atomic E-state index is 6.24. The molecule has 1 fully saturated rings. The predicted octanol–water partition coefficient (Wildman–Crippen LogP) is 5.76. The first-order valence-corrected chi connectivity index (χ1v) is 9.67. The number of hydrogen-bond donors (Lipinski definition) is 0. The lowest BCUT2D eigenvalue weighted by Gasteiger charge is -2.24. The van der Waals surface area contributed by atoms with E-state index in [1.807, 2.05) is 24.5 Å². The van der Waals surface area contributed by atoms with Crippen LogP contribution in [0.2, 0.25) is 0 Å². The van der Waals surface area contributed by atoms with Gasteiger partial charge in [0.2, 0.25) is 0 Å². The van der Waals surface area contributed by atoms with Gasteiger partial charge in [-0.05, 0) is 61.1 Å². The molecule has 0 amide bonds. The molecule has 1 aliphatic rings. The van der Waals surface area contributed by atoms with Crippen molar-refractivity contribution >= 4 is 11.4 Å². The number of anilines is 2. The van der Waals surface area contributed by atoms with E-state index in [4.69, 9.17) is 4.74 Å². The minimum atomic E-state index is 0.738. The topological polar surface area (TPSA) is 25.4 Å². The number of aromatic nitrogens is 1. The smallest absolute Gasteiger partial charge is 0.122 e. The minimum Gasteiger partial charge on any atom is -0.493 e. The van der Waals surface area contributed by atoms with Crippen molar-refractivity contribution in [2.45, 2.75) is 51.9 Å². The third kappa shape index (κ3) is 4.75. The van der Waals surface area contributed by atoms with Crippen LogP contribution in [0.15, 0.2) is 42.7 Å². The molecule has 0 N–H and O–H groups in total. The number of hydrogen-bond acceptors (Lipinski definition) is 3. The molecule has 3 nitrogen and oxygen atoms in total. The van der Waals surface area contributed by atoms with Gasteiger partial charge in [0.05, 0.1) is 6.61 Å². The summed E-state index contributed by atoms with van der Waals surface area (Å²) in [6.45, 7) is 3.10. The highest BCUT2D eigenvalue weighted by atomic mass is 16.5. The Morgan fingerprint density at radius 2 is 1.80 bits per heavy atom. The van der Waals surface area contributed by atoms with E-state index in [-0.39, 0.29) is 0 Å². The normalized spacial score (nSPS) is 15.1. The zero-order valence-corrected chi connectivity index (χ0v) is 15.6. The Balaban J connectivity index is 1.73. The molecule has 1 saturated carbocycles. The average Bonchev–Trinajstić information content (AvgIpc) is 2.68. The third-order valence-electron chi connectivity index (χ3n) is 5.20. The molecule has 0 aliphatic heterocycles. The van der Waals surface area contributed by atoms with Crippen molar-refractivity contribution in [3.63, 3.8) is 0 Å². The molecule has 0 atom stereocenters. The van der Waals surface area contributed by atoms with Gasteiger partial charge in [0.25, 0.3) is 0 Å². The van der Waals surface area contributed by atoms with E-state index in [0.29, 0.717) is 0 Å². The van der Waals surface area contributed by atoms with Crippen LogP contribution < -0.4 is 9.64 Å². The van der Waals surface area contributed by atoms with Crippen LogP contribution in [0.1, 0.15) is 51.0 Å². The molecular formula is C22H30N2O. The maximum Gasteiger partial charge on any atom is 0.122 e. The molecule has 3 heteroatoms. The fraction of sp³-hybridized carbons (Fsp3) is 0.500. The van der Waals surface area contributed by atoms with Crippen LogP contribution in [0.25, 0.3) is 0 Å². The Bertz CT molecular complexity index is 650. The largest absolute Gasteiger partial charge is 0.493 e. The van der Waals surface area contributed by atoms with E-state index < -0.39 is 0 Å². The van der Waals surface area contributed by atoms with Crippen LogP contribution in [-0.2, 0) is 6.42 Å². The van der Waals surface area contributed by atoms with E-state index in [1.54, 1.807) is 0 Å². The van der Waals surface area contributed by atoms with Gasteiger partial charge in [-0.25, -0.2) is 0 Å². The maximum absolute atomic E-state index is 6.24. The molecule has 0 bridgehead atoms. The van der Waals surface area contributed by atoms with Crippen LogP contribution in [0.3, 0.4) is 0 Å². The summed E-state index contributed by atoms with van der Waals surface area (Å²) < 4.78 is 6.24. The van der Waals surface area contributed by atoms with E-state index in [0.717, 1.165) is 36.8 Å². The van der Waals surface area contributed by atoms with Gasteiger partial charge in [0.15, 0.2) is 0 Å². The Morgan fingerprint density at radius 1 is 1.04 bits per heavy atom. The summed E-state index contributed by atoms with van der Waals surface area (Å²) in [5, 5.41) is 0. The first kappa shape index (κ1) is 17.8. The summed E-state index contributed by atoms with van der Waals surface area (Å²) in [6, 6.07) is 10.7. The minimum absolute atomic E-state index is 0.738. The second-order valence-electron chi connectivity index (χ2n) is 7.12. The number of nitrogens with zero attached hydrogens (tertiary/aromatic N) is 2. The van der Waals surface area contributed by atoms with E-state index >= 15 is 0 Å². The lowest BCUT2D eigenvalue weighted by atomic mass is 9.90. The third-order valence-corrected chi connectivity index (χ3v) is 5.20. The zero-order chi connectivity index (χ0) is 17.5. The molecule has 2 aromatic rings.